The SMILES string of the molecule is CCC[Si]N=NCc1ccccc1OC(C)C. The van der Waals surface area contributed by atoms with Gasteiger partial charge in [-0.1, -0.05) is 31.5 Å². The van der Waals surface area contributed by atoms with Gasteiger partial charge in [0.15, 0.2) is 0 Å². The van der Waals surface area contributed by atoms with Gasteiger partial charge in [0, 0.05) is 5.56 Å². The van der Waals surface area contributed by atoms with Crippen molar-refractivity contribution >= 4 is 9.68 Å². The van der Waals surface area contributed by atoms with Gasteiger partial charge in [-0.25, -0.2) is 4.78 Å². The fourth-order valence-corrected chi connectivity index (χ4v) is 1.82. The quantitative estimate of drug-likeness (QED) is 0.409. The van der Waals surface area contributed by atoms with Gasteiger partial charge in [-0.2, -0.15) is 5.11 Å². The van der Waals surface area contributed by atoms with Gasteiger partial charge >= 0.3 is 0 Å². The maximum atomic E-state index is 5.72. The van der Waals surface area contributed by atoms with E-state index in [-0.39, 0.29) is 6.10 Å². The van der Waals surface area contributed by atoms with E-state index in [9.17, 15) is 0 Å². The molecule has 0 unspecified atom stereocenters. The largest absolute Gasteiger partial charge is 0.491 e. The first-order valence-electron chi connectivity index (χ1n) is 6.08. The summed E-state index contributed by atoms with van der Waals surface area (Å²) in [6.07, 6.45) is 1.36. The molecule has 0 N–H and O–H groups in total. The van der Waals surface area contributed by atoms with Gasteiger partial charge < -0.3 is 4.74 Å². The molecule has 1 aromatic rings. The zero-order valence-electron chi connectivity index (χ0n) is 10.8. The molecule has 0 aliphatic carbocycles. The topological polar surface area (TPSA) is 34.0 Å². The van der Waals surface area contributed by atoms with Crippen molar-refractivity contribution in [3.05, 3.63) is 29.8 Å². The van der Waals surface area contributed by atoms with Crippen LogP contribution in [0.1, 0.15) is 32.8 Å². The molecule has 0 bridgehead atoms. The molecule has 1 aromatic carbocycles. The van der Waals surface area contributed by atoms with Crippen molar-refractivity contribution in [3.8, 4) is 5.75 Å². The van der Waals surface area contributed by atoms with Crippen LogP contribution in [0.25, 0.3) is 0 Å². The van der Waals surface area contributed by atoms with Gasteiger partial charge in [-0.15, -0.1) is 0 Å². The number of para-hydroxylation sites is 1. The fraction of sp³-hybridized carbons (Fsp3) is 0.538. The van der Waals surface area contributed by atoms with Crippen molar-refractivity contribution in [3.63, 3.8) is 0 Å². The number of rotatable bonds is 7. The first-order valence-corrected chi connectivity index (χ1v) is 7.23. The summed E-state index contributed by atoms with van der Waals surface area (Å²) in [6.45, 7) is 6.83. The molecule has 0 spiro atoms. The van der Waals surface area contributed by atoms with Gasteiger partial charge in [0.25, 0.3) is 0 Å². The standard InChI is InChI=1S/C13H20N2OSi/c1-4-9-17-15-14-10-12-7-5-6-8-13(12)16-11(2)3/h5-8,11H,4,9-10H2,1-3H3. The monoisotopic (exact) mass is 248 g/mol. The first-order chi connectivity index (χ1) is 8.24. The molecule has 0 saturated carbocycles. The maximum absolute atomic E-state index is 5.72. The number of hydrogen-bond donors (Lipinski definition) is 0. The van der Waals surface area contributed by atoms with Gasteiger partial charge in [0.05, 0.1) is 12.6 Å². The second-order valence-corrected chi connectivity index (χ2v) is 5.10. The van der Waals surface area contributed by atoms with Crippen LogP contribution in [0.5, 0.6) is 5.75 Å². The molecular weight excluding hydrogens is 228 g/mol. The lowest BCUT2D eigenvalue weighted by Gasteiger charge is -2.12. The summed E-state index contributed by atoms with van der Waals surface area (Å²) in [5.41, 5.74) is 1.10. The van der Waals surface area contributed by atoms with Crippen LogP contribution in [0.4, 0.5) is 0 Å². The Morgan fingerprint density at radius 2 is 2.06 bits per heavy atom. The van der Waals surface area contributed by atoms with E-state index in [1.54, 1.807) is 0 Å². The van der Waals surface area contributed by atoms with Crippen LogP contribution in [-0.4, -0.2) is 15.8 Å². The van der Waals surface area contributed by atoms with E-state index in [1.807, 2.05) is 38.1 Å². The van der Waals surface area contributed by atoms with Crippen LogP contribution in [0.3, 0.4) is 0 Å². The molecule has 0 fully saturated rings. The summed E-state index contributed by atoms with van der Waals surface area (Å²) in [6, 6.07) is 9.15. The zero-order chi connectivity index (χ0) is 12.5. The third kappa shape index (κ3) is 5.63. The zero-order valence-corrected chi connectivity index (χ0v) is 11.8. The van der Waals surface area contributed by atoms with E-state index in [2.05, 4.69) is 16.8 Å². The van der Waals surface area contributed by atoms with Crippen molar-refractivity contribution in [2.24, 2.45) is 9.89 Å². The smallest absolute Gasteiger partial charge is 0.241 e. The predicted molar refractivity (Wildman–Crippen MR) is 71.6 cm³/mol. The summed E-state index contributed by atoms with van der Waals surface area (Å²) >= 11 is 0. The summed E-state index contributed by atoms with van der Waals surface area (Å²) in [7, 11) is 0.594. The highest BCUT2D eigenvalue weighted by atomic mass is 28.2. The highest BCUT2D eigenvalue weighted by molar-refractivity contribution is 6.32. The summed E-state index contributed by atoms with van der Waals surface area (Å²) in [5.74, 6) is 0.917. The number of nitrogens with zero attached hydrogens (tertiary/aromatic N) is 2. The highest BCUT2D eigenvalue weighted by Crippen LogP contribution is 2.20. The van der Waals surface area contributed by atoms with Gasteiger partial charge in [-0.05, 0) is 26.0 Å². The van der Waals surface area contributed by atoms with Crippen LogP contribution in [0, 0.1) is 0 Å². The van der Waals surface area contributed by atoms with Crippen molar-refractivity contribution in [2.45, 2.75) is 45.9 Å². The Labute approximate surface area is 106 Å². The van der Waals surface area contributed by atoms with Gasteiger partial charge in [0.1, 0.15) is 5.75 Å². The Balaban J connectivity index is 2.54. The summed E-state index contributed by atoms with van der Waals surface area (Å²) < 4.78 is 9.90. The van der Waals surface area contributed by atoms with Crippen LogP contribution >= 0.6 is 0 Å². The van der Waals surface area contributed by atoms with Crippen LogP contribution in [0.15, 0.2) is 34.2 Å². The summed E-state index contributed by atoms with van der Waals surface area (Å²) in [5, 5.41) is 4.20. The normalized spacial score (nSPS) is 11.3. The fourth-order valence-electron chi connectivity index (χ4n) is 1.33. The van der Waals surface area contributed by atoms with E-state index in [0.29, 0.717) is 16.2 Å². The molecule has 92 valence electrons. The maximum Gasteiger partial charge on any atom is 0.241 e. The number of ether oxygens (including phenoxy) is 1. The van der Waals surface area contributed by atoms with Crippen molar-refractivity contribution in [2.75, 3.05) is 0 Å². The average Bonchev–Trinajstić information content (AvgIpc) is 2.30. The summed E-state index contributed by atoms with van der Waals surface area (Å²) in [4.78, 5) is 0. The molecule has 17 heavy (non-hydrogen) atoms. The molecule has 0 heterocycles. The molecule has 0 aromatic heterocycles. The lowest BCUT2D eigenvalue weighted by atomic mass is 10.2. The van der Waals surface area contributed by atoms with Crippen LogP contribution < -0.4 is 4.74 Å². The van der Waals surface area contributed by atoms with Gasteiger partial charge in [0.2, 0.25) is 9.68 Å². The minimum absolute atomic E-state index is 0.190. The Morgan fingerprint density at radius 3 is 2.76 bits per heavy atom. The van der Waals surface area contributed by atoms with Crippen LogP contribution in [-0.2, 0) is 6.54 Å². The lowest BCUT2D eigenvalue weighted by Crippen LogP contribution is -2.07. The molecule has 3 nitrogen and oxygen atoms in total. The number of benzene rings is 1. The molecule has 0 atom stereocenters. The Bertz CT molecular complexity index is 353. The van der Waals surface area contributed by atoms with Crippen molar-refractivity contribution in [1.82, 2.24) is 0 Å². The Hall–Kier alpha value is -1.16. The molecule has 0 aliphatic heterocycles. The van der Waals surface area contributed by atoms with E-state index in [4.69, 9.17) is 4.74 Å². The second-order valence-electron chi connectivity index (χ2n) is 4.08. The second kappa shape index (κ2) is 8.01. The first kappa shape index (κ1) is 13.9. The minimum atomic E-state index is 0.190. The van der Waals surface area contributed by atoms with E-state index in [0.717, 1.165) is 17.4 Å². The average molecular weight is 248 g/mol. The Kier molecular flexibility index (Phi) is 6.55. The molecule has 0 aliphatic rings. The lowest BCUT2D eigenvalue weighted by molar-refractivity contribution is 0.240. The molecule has 0 saturated heterocycles. The van der Waals surface area contributed by atoms with E-state index in [1.165, 1.54) is 6.42 Å². The molecule has 1 rings (SSSR count). The Morgan fingerprint density at radius 1 is 1.29 bits per heavy atom. The van der Waals surface area contributed by atoms with Crippen LogP contribution in [0.2, 0.25) is 6.04 Å². The van der Waals surface area contributed by atoms with Crippen molar-refractivity contribution in [1.29, 1.82) is 0 Å². The molecular formula is C13H20N2OSi. The number of hydrogen-bond acceptors (Lipinski definition) is 3. The van der Waals surface area contributed by atoms with E-state index >= 15 is 0 Å². The molecule has 2 radical (unpaired) electrons. The predicted octanol–water partition coefficient (Wildman–Crippen LogP) is 3.87. The third-order valence-electron chi connectivity index (χ3n) is 2.08. The van der Waals surface area contributed by atoms with Gasteiger partial charge in [-0.3, -0.25) is 0 Å². The third-order valence-corrected chi connectivity index (χ3v) is 3.09. The van der Waals surface area contributed by atoms with E-state index < -0.39 is 0 Å². The molecule has 4 heteroatoms. The van der Waals surface area contributed by atoms with Crippen molar-refractivity contribution < 1.29 is 4.74 Å². The highest BCUT2D eigenvalue weighted by Gasteiger charge is 2.03. The molecule has 0 amide bonds. The minimum Gasteiger partial charge on any atom is -0.491 e.